The Labute approximate surface area is 187 Å². The number of ether oxygens (including phenoxy) is 1. The average molecular weight is 453 g/mol. The number of carbonyl (C=O) groups excluding carboxylic acids is 1. The van der Waals surface area contributed by atoms with Gasteiger partial charge in [-0.3, -0.25) is 4.79 Å². The van der Waals surface area contributed by atoms with Crippen LogP contribution < -0.4 is 5.32 Å². The summed E-state index contributed by atoms with van der Waals surface area (Å²) >= 11 is 3.07. The first kappa shape index (κ1) is 20.3. The second kappa shape index (κ2) is 8.49. The van der Waals surface area contributed by atoms with E-state index in [0.717, 1.165) is 38.5 Å². The van der Waals surface area contributed by atoms with Gasteiger partial charge in [0.15, 0.2) is 0 Å². The van der Waals surface area contributed by atoms with E-state index in [9.17, 15) is 9.18 Å². The quantitative estimate of drug-likeness (QED) is 0.426. The van der Waals surface area contributed by atoms with Gasteiger partial charge in [-0.05, 0) is 54.8 Å². The number of nitrogens with one attached hydrogen (secondary N) is 1. The summed E-state index contributed by atoms with van der Waals surface area (Å²) in [4.78, 5) is 19.2. The van der Waals surface area contributed by atoms with Gasteiger partial charge < -0.3 is 10.1 Å². The highest BCUT2D eigenvalue weighted by Gasteiger charge is 2.35. The molecular formula is C24H21FN2O2S2. The van der Waals surface area contributed by atoms with Crippen LogP contribution in [0.2, 0.25) is 0 Å². The third-order valence-corrected chi connectivity index (χ3v) is 8.10. The van der Waals surface area contributed by atoms with Gasteiger partial charge in [-0.25, -0.2) is 9.37 Å². The number of halogens is 1. The summed E-state index contributed by atoms with van der Waals surface area (Å²) in [5, 5.41) is 4.02. The molecule has 3 heterocycles. The van der Waals surface area contributed by atoms with Crippen molar-refractivity contribution in [3.05, 3.63) is 76.9 Å². The van der Waals surface area contributed by atoms with Gasteiger partial charge in [0.25, 0.3) is 5.91 Å². The first-order valence-corrected chi connectivity index (χ1v) is 11.8. The largest absolute Gasteiger partial charge is 0.381 e. The van der Waals surface area contributed by atoms with Gasteiger partial charge in [0, 0.05) is 25.2 Å². The summed E-state index contributed by atoms with van der Waals surface area (Å²) in [7, 11) is 0. The predicted octanol–water partition coefficient (Wildman–Crippen LogP) is 5.64. The number of thiophene rings is 1. The van der Waals surface area contributed by atoms with Crippen molar-refractivity contribution in [1.82, 2.24) is 10.3 Å². The molecule has 0 spiro atoms. The maximum absolute atomic E-state index is 13.9. The van der Waals surface area contributed by atoms with Crippen molar-refractivity contribution in [2.45, 2.75) is 18.3 Å². The minimum absolute atomic E-state index is 0.111. The molecule has 5 rings (SSSR count). The number of nitrogens with zero attached hydrogens (tertiary/aromatic N) is 1. The van der Waals surface area contributed by atoms with Crippen LogP contribution in [0.4, 0.5) is 4.39 Å². The minimum atomic E-state index is -0.316. The fourth-order valence-corrected chi connectivity index (χ4v) is 5.98. The molecule has 4 aromatic rings. The van der Waals surface area contributed by atoms with Crippen LogP contribution in [-0.4, -0.2) is 30.6 Å². The van der Waals surface area contributed by atoms with E-state index in [1.807, 2.05) is 36.4 Å². The smallest absolute Gasteiger partial charge is 0.261 e. The first-order chi connectivity index (χ1) is 15.1. The maximum Gasteiger partial charge on any atom is 0.261 e. The second-order valence-corrected chi connectivity index (χ2v) is 9.85. The van der Waals surface area contributed by atoms with Crippen LogP contribution in [0.3, 0.4) is 0 Å². The average Bonchev–Trinajstić information content (AvgIpc) is 3.45. The van der Waals surface area contributed by atoms with Crippen molar-refractivity contribution < 1.29 is 13.9 Å². The third kappa shape index (κ3) is 4.13. The molecule has 4 nitrogen and oxygen atoms in total. The highest BCUT2D eigenvalue weighted by molar-refractivity contribution is 7.26. The number of hydrogen-bond donors (Lipinski definition) is 1. The Hall–Kier alpha value is -2.61. The molecule has 1 fully saturated rings. The fourth-order valence-electron chi connectivity index (χ4n) is 4.04. The van der Waals surface area contributed by atoms with E-state index in [1.54, 1.807) is 23.5 Å². The van der Waals surface area contributed by atoms with E-state index >= 15 is 0 Å². The molecule has 1 aliphatic heterocycles. The number of amides is 1. The van der Waals surface area contributed by atoms with Crippen LogP contribution in [0.5, 0.6) is 0 Å². The van der Waals surface area contributed by atoms with Crippen molar-refractivity contribution in [3.8, 4) is 9.88 Å². The molecule has 1 amide bonds. The molecule has 2 aromatic heterocycles. The van der Waals surface area contributed by atoms with Gasteiger partial charge in [-0.1, -0.05) is 24.3 Å². The molecule has 31 heavy (non-hydrogen) atoms. The zero-order valence-electron chi connectivity index (χ0n) is 16.8. The Bertz CT molecular complexity index is 1190. The first-order valence-electron chi connectivity index (χ1n) is 10.2. The molecule has 0 atom stereocenters. The molecule has 1 saturated heterocycles. The maximum atomic E-state index is 13.9. The normalized spacial score (nSPS) is 15.8. The molecule has 2 aromatic carbocycles. The van der Waals surface area contributed by atoms with Crippen molar-refractivity contribution in [2.24, 2.45) is 0 Å². The topological polar surface area (TPSA) is 51.2 Å². The van der Waals surface area contributed by atoms with E-state index in [4.69, 9.17) is 4.74 Å². The van der Waals surface area contributed by atoms with Gasteiger partial charge in [0.2, 0.25) is 0 Å². The summed E-state index contributed by atoms with van der Waals surface area (Å²) in [5.74, 6) is -0.368. The highest BCUT2D eigenvalue weighted by atomic mass is 32.1. The zero-order valence-corrected chi connectivity index (χ0v) is 18.4. The summed E-state index contributed by atoms with van der Waals surface area (Å²) < 4.78 is 20.5. The minimum Gasteiger partial charge on any atom is -0.381 e. The van der Waals surface area contributed by atoms with Gasteiger partial charge in [-0.15, -0.1) is 22.7 Å². The number of aromatic nitrogens is 1. The molecule has 0 radical (unpaired) electrons. The summed E-state index contributed by atoms with van der Waals surface area (Å²) in [6.45, 7) is 1.66. The molecule has 1 aliphatic rings. The zero-order chi connectivity index (χ0) is 21.3. The molecule has 158 valence electrons. The Morgan fingerprint density at radius 2 is 1.90 bits per heavy atom. The number of para-hydroxylation sites is 1. The van der Waals surface area contributed by atoms with Crippen LogP contribution in [0.15, 0.2) is 60.7 Å². The van der Waals surface area contributed by atoms with Crippen molar-refractivity contribution in [1.29, 1.82) is 0 Å². The highest BCUT2D eigenvalue weighted by Crippen LogP contribution is 2.36. The van der Waals surface area contributed by atoms with Gasteiger partial charge in [0.1, 0.15) is 10.8 Å². The number of rotatable bonds is 5. The van der Waals surface area contributed by atoms with E-state index in [-0.39, 0.29) is 17.1 Å². The second-order valence-electron chi connectivity index (χ2n) is 7.74. The number of benzene rings is 2. The molecule has 1 N–H and O–H groups in total. The van der Waals surface area contributed by atoms with Crippen LogP contribution in [0.1, 0.15) is 28.1 Å². The van der Waals surface area contributed by atoms with Crippen LogP contribution in [0, 0.1) is 5.82 Å². The lowest BCUT2D eigenvalue weighted by Gasteiger charge is -2.38. The molecular weight excluding hydrogens is 431 g/mol. The Morgan fingerprint density at radius 3 is 2.71 bits per heavy atom. The summed E-state index contributed by atoms with van der Waals surface area (Å²) in [6, 6.07) is 18.5. The Balaban J connectivity index is 1.33. The fraction of sp³-hybridized carbons (Fsp3) is 0.250. The number of fused-ring (bicyclic) bond motifs is 1. The molecule has 0 bridgehead atoms. The van der Waals surface area contributed by atoms with Crippen LogP contribution in [0.25, 0.3) is 20.1 Å². The molecule has 0 saturated carbocycles. The molecule has 0 aliphatic carbocycles. The van der Waals surface area contributed by atoms with E-state index in [0.29, 0.717) is 24.6 Å². The molecule has 7 heteroatoms. The SMILES string of the molecule is O=C(NCC1(c2cccc(F)c2)CCOCC1)c1ccc(-c2nc3ccccc3s2)s1. The predicted molar refractivity (Wildman–Crippen MR) is 123 cm³/mol. The number of thiazole rings is 1. The Morgan fingerprint density at radius 1 is 1.06 bits per heavy atom. The Kier molecular flexibility index (Phi) is 5.56. The van der Waals surface area contributed by atoms with Crippen LogP contribution in [-0.2, 0) is 10.2 Å². The standard InChI is InChI=1S/C24H21FN2O2S2/c25-17-5-3-4-16(14-17)24(10-12-29-13-11-24)15-26-22(28)20-8-9-21(30-20)23-27-18-6-1-2-7-19(18)31-23/h1-9,14H,10-13,15H2,(H,26,28). The summed E-state index contributed by atoms with van der Waals surface area (Å²) in [6.07, 6.45) is 1.50. The molecule has 0 unspecified atom stereocenters. The van der Waals surface area contributed by atoms with E-state index < -0.39 is 0 Å². The summed E-state index contributed by atoms with van der Waals surface area (Å²) in [5.41, 5.74) is 1.57. The third-order valence-electron chi connectivity index (χ3n) is 5.81. The lowest BCUT2D eigenvalue weighted by atomic mass is 9.74. The lowest BCUT2D eigenvalue weighted by molar-refractivity contribution is 0.0486. The van der Waals surface area contributed by atoms with Gasteiger partial charge in [-0.2, -0.15) is 0 Å². The van der Waals surface area contributed by atoms with Crippen LogP contribution >= 0.6 is 22.7 Å². The number of hydrogen-bond acceptors (Lipinski definition) is 5. The van der Waals surface area contributed by atoms with E-state index in [1.165, 1.54) is 17.4 Å². The number of carbonyl (C=O) groups is 1. The van der Waals surface area contributed by atoms with Crippen molar-refractivity contribution in [3.63, 3.8) is 0 Å². The van der Waals surface area contributed by atoms with E-state index in [2.05, 4.69) is 16.4 Å². The van der Waals surface area contributed by atoms with Crippen molar-refractivity contribution >= 4 is 38.8 Å². The van der Waals surface area contributed by atoms with Gasteiger partial charge >= 0.3 is 0 Å². The van der Waals surface area contributed by atoms with Gasteiger partial charge in [0.05, 0.1) is 20.0 Å². The van der Waals surface area contributed by atoms with Crippen molar-refractivity contribution in [2.75, 3.05) is 19.8 Å². The lowest BCUT2D eigenvalue weighted by Crippen LogP contribution is -2.44. The monoisotopic (exact) mass is 452 g/mol.